The SMILES string of the molecule is CC(C)CC(N)C(=O)N(C)Cc1ccccc1F. The molecule has 1 aromatic rings. The van der Waals surface area contributed by atoms with Gasteiger partial charge in [0.15, 0.2) is 0 Å². The Morgan fingerprint density at radius 1 is 1.39 bits per heavy atom. The van der Waals surface area contributed by atoms with Gasteiger partial charge in [-0.1, -0.05) is 32.0 Å². The molecule has 0 bridgehead atoms. The smallest absolute Gasteiger partial charge is 0.239 e. The van der Waals surface area contributed by atoms with Crippen LogP contribution in [0.25, 0.3) is 0 Å². The predicted octanol–water partition coefficient (Wildman–Crippen LogP) is 2.16. The normalized spacial score (nSPS) is 12.6. The van der Waals surface area contributed by atoms with E-state index in [1.165, 1.54) is 11.0 Å². The minimum atomic E-state index is -0.512. The predicted molar refractivity (Wildman–Crippen MR) is 70.3 cm³/mol. The molecule has 4 heteroatoms. The van der Waals surface area contributed by atoms with Gasteiger partial charge in [-0.05, 0) is 18.4 Å². The summed E-state index contributed by atoms with van der Waals surface area (Å²) in [5.74, 6) is -0.0765. The molecule has 3 nitrogen and oxygen atoms in total. The highest BCUT2D eigenvalue weighted by Crippen LogP contribution is 2.11. The molecule has 1 aromatic carbocycles. The lowest BCUT2D eigenvalue weighted by Crippen LogP contribution is -2.42. The van der Waals surface area contributed by atoms with E-state index in [9.17, 15) is 9.18 Å². The first-order valence-electron chi connectivity index (χ1n) is 6.15. The van der Waals surface area contributed by atoms with Crippen LogP contribution in [0.1, 0.15) is 25.8 Å². The Kier molecular flexibility index (Phi) is 5.28. The van der Waals surface area contributed by atoms with E-state index in [4.69, 9.17) is 5.73 Å². The molecule has 100 valence electrons. The number of carbonyl (C=O) groups excluding carboxylic acids is 1. The van der Waals surface area contributed by atoms with Gasteiger partial charge in [-0.15, -0.1) is 0 Å². The van der Waals surface area contributed by atoms with Crippen molar-refractivity contribution in [3.8, 4) is 0 Å². The molecule has 0 radical (unpaired) electrons. The topological polar surface area (TPSA) is 46.3 Å². The molecule has 18 heavy (non-hydrogen) atoms. The Labute approximate surface area is 108 Å². The van der Waals surface area contributed by atoms with Gasteiger partial charge in [0, 0.05) is 19.2 Å². The van der Waals surface area contributed by atoms with Crippen molar-refractivity contribution in [3.05, 3.63) is 35.6 Å². The fraction of sp³-hybridized carbons (Fsp3) is 0.500. The molecular weight excluding hydrogens is 231 g/mol. The third-order valence-electron chi connectivity index (χ3n) is 2.78. The van der Waals surface area contributed by atoms with Gasteiger partial charge in [0.1, 0.15) is 5.82 Å². The van der Waals surface area contributed by atoms with Crippen molar-refractivity contribution in [2.45, 2.75) is 32.9 Å². The summed E-state index contributed by atoms with van der Waals surface area (Å²) in [5, 5.41) is 0. The lowest BCUT2D eigenvalue weighted by atomic mass is 10.0. The number of benzene rings is 1. The van der Waals surface area contributed by atoms with E-state index < -0.39 is 6.04 Å². The summed E-state index contributed by atoms with van der Waals surface area (Å²) < 4.78 is 13.5. The van der Waals surface area contributed by atoms with Crippen LogP contribution < -0.4 is 5.73 Å². The van der Waals surface area contributed by atoms with E-state index in [1.54, 1.807) is 25.2 Å². The lowest BCUT2D eigenvalue weighted by molar-refractivity contribution is -0.132. The molecule has 0 saturated heterocycles. The van der Waals surface area contributed by atoms with E-state index in [-0.39, 0.29) is 18.3 Å². The van der Waals surface area contributed by atoms with Gasteiger partial charge >= 0.3 is 0 Å². The number of rotatable bonds is 5. The molecule has 0 heterocycles. The van der Waals surface area contributed by atoms with Crippen LogP contribution in [0.2, 0.25) is 0 Å². The van der Waals surface area contributed by atoms with Crippen molar-refractivity contribution in [2.75, 3.05) is 7.05 Å². The molecule has 0 saturated carbocycles. The minimum Gasteiger partial charge on any atom is -0.340 e. The first-order chi connectivity index (χ1) is 8.41. The molecule has 0 aliphatic carbocycles. The van der Waals surface area contributed by atoms with Crippen LogP contribution >= 0.6 is 0 Å². The zero-order valence-corrected chi connectivity index (χ0v) is 11.2. The number of amides is 1. The Hall–Kier alpha value is -1.42. The largest absolute Gasteiger partial charge is 0.340 e. The van der Waals surface area contributed by atoms with Gasteiger partial charge in [0.05, 0.1) is 6.04 Å². The highest BCUT2D eigenvalue weighted by Gasteiger charge is 2.19. The first kappa shape index (κ1) is 14.6. The molecule has 1 amide bonds. The van der Waals surface area contributed by atoms with Crippen LogP contribution in [0.3, 0.4) is 0 Å². The molecule has 0 aliphatic rings. The Morgan fingerprint density at radius 3 is 2.56 bits per heavy atom. The molecule has 1 unspecified atom stereocenters. The summed E-state index contributed by atoms with van der Waals surface area (Å²) in [7, 11) is 1.65. The van der Waals surface area contributed by atoms with Crippen molar-refractivity contribution in [2.24, 2.45) is 11.7 Å². The van der Waals surface area contributed by atoms with Gasteiger partial charge < -0.3 is 10.6 Å². The van der Waals surface area contributed by atoms with Crippen molar-refractivity contribution >= 4 is 5.91 Å². The van der Waals surface area contributed by atoms with Crippen LogP contribution in [-0.4, -0.2) is 23.9 Å². The molecule has 1 atom stereocenters. The highest BCUT2D eigenvalue weighted by molar-refractivity contribution is 5.81. The maximum Gasteiger partial charge on any atom is 0.239 e. The number of halogens is 1. The third-order valence-corrected chi connectivity index (χ3v) is 2.78. The van der Waals surface area contributed by atoms with Gasteiger partial charge in [-0.3, -0.25) is 4.79 Å². The second kappa shape index (κ2) is 6.50. The number of nitrogens with zero attached hydrogens (tertiary/aromatic N) is 1. The summed E-state index contributed by atoms with van der Waals surface area (Å²) in [5.41, 5.74) is 6.33. The Bertz CT molecular complexity index is 407. The zero-order valence-electron chi connectivity index (χ0n) is 11.2. The number of likely N-dealkylation sites (N-methyl/N-ethyl adjacent to an activating group) is 1. The summed E-state index contributed by atoms with van der Waals surface area (Å²) in [6.07, 6.45) is 0.639. The van der Waals surface area contributed by atoms with E-state index in [0.717, 1.165) is 0 Å². The molecule has 0 aliphatic heterocycles. The molecule has 0 spiro atoms. The first-order valence-corrected chi connectivity index (χ1v) is 6.15. The fourth-order valence-corrected chi connectivity index (χ4v) is 1.85. The van der Waals surface area contributed by atoms with Gasteiger partial charge in [-0.2, -0.15) is 0 Å². The highest BCUT2D eigenvalue weighted by atomic mass is 19.1. The maximum atomic E-state index is 13.5. The second-order valence-corrected chi connectivity index (χ2v) is 5.02. The minimum absolute atomic E-state index is 0.146. The zero-order chi connectivity index (χ0) is 13.7. The van der Waals surface area contributed by atoms with Gasteiger partial charge in [-0.25, -0.2) is 4.39 Å². The summed E-state index contributed by atoms with van der Waals surface area (Å²) >= 11 is 0. The summed E-state index contributed by atoms with van der Waals surface area (Å²) in [4.78, 5) is 13.5. The number of carbonyl (C=O) groups is 1. The van der Waals surface area contributed by atoms with Crippen molar-refractivity contribution in [3.63, 3.8) is 0 Å². The van der Waals surface area contributed by atoms with Crippen molar-refractivity contribution in [1.29, 1.82) is 0 Å². The van der Waals surface area contributed by atoms with Gasteiger partial charge in [0.25, 0.3) is 0 Å². The average molecular weight is 252 g/mol. The number of nitrogens with two attached hydrogens (primary N) is 1. The average Bonchev–Trinajstić information content (AvgIpc) is 2.30. The van der Waals surface area contributed by atoms with Crippen LogP contribution in [0.15, 0.2) is 24.3 Å². The maximum absolute atomic E-state index is 13.5. The standard InChI is InChI=1S/C14H21FN2O/c1-10(2)8-13(16)14(18)17(3)9-11-6-4-5-7-12(11)15/h4-7,10,13H,8-9,16H2,1-3H3. The molecule has 2 N–H and O–H groups in total. The quantitative estimate of drug-likeness (QED) is 0.873. The lowest BCUT2D eigenvalue weighted by Gasteiger charge is -2.22. The molecule has 0 aromatic heterocycles. The van der Waals surface area contributed by atoms with Crippen LogP contribution in [0.4, 0.5) is 4.39 Å². The van der Waals surface area contributed by atoms with Gasteiger partial charge in [0.2, 0.25) is 5.91 Å². The Balaban J connectivity index is 2.63. The van der Waals surface area contributed by atoms with E-state index in [2.05, 4.69) is 0 Å². The van der Waals surface area contributed by atoms with E-state index >= 15 is 0 Å². The summed E-state index contributed by atoms with van der Waals surface area (Å²) in [6.45, 7) is 4.28. The van der Waals surface area contributed by atoms with Crippen molar-refractivity contribution < 1.29 is 9.18 Å². The third kappa shape index (κ3) is 4.11. The summed E-state index contributed by atoms with van der Waals surface area (Å²) in [6, 6.07) is 5.94. The van der Waals surface area contributed by atoms with Crippen LogP contribution in [-0.2, 0) is 11.3 Å². The molecule has 0 fully saturated rings. The fourth-order valence-electron chi connectivity index (χ4n) is 1.85. The molecular formula is C14H21FN2O. The molecule has 1 rings (SSSR count). The van der Waals surface area contributed by atoms with E-state index in [1.807, 2.05) is 13.8 Å². The number of hydrogen-bond acceptors (Lipinski definition) is 2. The monoisotopic (exact) mass is 252 g/mol. The van der Waals surface area contributed by atoms with Crippen molar-refractivity contribution in [1.82, 2.24) is 4.90 Å². The van der Waals surface area contributed by atoms with Crippen LogP contribution in [0, 0.1) is 11.7 Å². The van der Waals surface area contributed by atoms with Crippen LogP contribution in [0.5, 0.6) is 0 Å². The Morgan fingerprint density at radius 2 is 2.00 bits per heavy atom. The number of hydrogen-bond donors (Lipinski definition) is 1. The van der Waals surface area contributed by atoms with E-state index in [0.29, 0.717) is 17.9 Å². The second-order valence-electron chi connectivity index (χ2n) is 5.02.